The summed E-state index contributed by atoms with van der Waals surface area (Å²) in [5.41, 5.74) is 8.92. The van der Waals surface area contributed by atoms with Crippen LogP contribution in [-0.2, 0) is 0 Å². The van der Waals surface area contributed by atoms with Gasteiger partial charge in [0, 0.05) is 34.1 Å². The average molecular weight is 501 g/mol. The molecule has 0 aliphatic carbocycles. The van der Waals surface area contributed by atoms with Gasteiger partial charge in [0.2, 0.25) is 0 Å². The Kier molecular flexibility index (Phi) is 7.32. The van der Waals surface area contributed by atoms with Gasteiger partial charge in [-0.2, -0.15) is 0 Å². The third kappa shape index (κ3) is 5.35. The van der Waals surface area contributed by atoms with Crippen LogP contribution >= 0.6 is 0 Å². The van der Waals surface area contributed by atoms with Gasteiger partial charge in [0.25, 0.3) is 0 Å². The molecule has 0 amide bonds. The summed E-state index contributed by atoms with van der Waals surface area (Å²) in [6, 6.07) is 42.2. The lowest BCUT2D eigenvalue weighted by atomic mass is 10.1. The Balaban J connectivity index is 1.56. The van der Waals surface area contributed by atoms with Crippen molar-refractivity contribution in [3.05, 3.63) is 132 Å². The molecular formula is C34H32N2O2. The smallest absolute Gasteiger partial charge is 0.119 e. The first-order valence-corrected chi connectivity index (χ1v) is 12.7. The second-order valence-electron chi connectivity index (χ2n) is 9.25. The first kappa shape index (κ1) is 25.0. The third-order valence-electron chi connectivity index (χ3n) is 6.61. The molecule has 0 heterocycles. The van der Waals surface area contributed by atoms with E-state index in [-0.39, 0.29) is 0 Å². The van der Waals surface area contributed by atoms with Crippen LogP contribution in [-0.4, -0.2) is 14.2 Å². The van der Waals surface area contributed by atoms with E-state index in [1.165, 1.54) is 11.1 Å². The van der Waals surface area contributed by atoms with E-state index in [1.807, 2.05) is 24.3 Å². The second-order valence-corrected chi connectivity index (χ2v) is 9.25. The number of anilines is 6. The highest BCUT2D eigenvalue weighted by molar-refractivity contribution is 5.81. The predicted molar refractivity (Wildman–Crippen MR) is 158 cm³/mol. The highest BCUT2D eigenvalue weighted by atomic mass is 16.5. The Bertz CT molecular complexity index is 1340. The summed E-state index contributed by atoms with van der Waals surface area (Å²) >= 11 is 0. The van der Waals surface area contributed by atoms with Gasteiger partial charge in [-0.3, -0.25) is 0 Å². The number of aryl methyl sites for hydroxylation is 2. The molecule has 4 nitrogen and oxygen atoms in total. The molecule has 38 heavy (non-hydrogen) atoms. The lowest BCUT2D eigenvalue weighted by Gasteiger charge is -2.28. The molecule has 4 heteroatoms. The zero-order valence-corrected chi connectivity index (χ0v) is 22.3. The molecule has 0 bridgehead atoms. The van der Waals surface area contributed by atoms with E-state index in [1.54, 1.807) is 14.2 Å². The number of rotatable bonds is 8. The van der Waals surface area contributed by atoms with Gasteiger partial charge in [-0.05, 0) is 111 Å². The third-order valence-corrected chi connectivity index (χ3v) is 6.61. The van der Waals surface area contributed by atoms with Gasteiger partial charge >= 0.3 is 0 Å². The number of benzene rings is 5. The highest BCUT2D eigenvalue weighted by Gasteiger charge is 2.16. The molecule has 0 atom stereocenters. The van der Waals surface area contributed by atoms with E-state index in [4.69, 9.17) is 9.47 Å². The fourth-order valence-electron chi connectivity index (χ4n) is 4.50. The van der Waals surface area contributed by atoms with Crippen LogP contribution in [0.1, 0.15) is 11.1 Å². The van der Waals surface area contributed by atoms with E-state index >= 15 is 0 Å². The summed E-state index contributed by atoms with van der Waals surface area (Å²) in [7, 11) is 3.38. The zero-order valence-electron chi connectivity index (χ0n) is 22.3. The van der Waals surface area contributed by atoms with Gasteiger partial charge < -0.3 is 19.3 Å². The minimum Gasteiger partial charge on any atom is -0.497 e. The summed E-state index contributed by atoms with van der Waals surface area (Å²) in [6.45, 7) is 4.21. The number of hydrogen-bond acceptors (Lipinski definition) is 4. The summed E-state index contributed by atoms with van der Waals surface area (Å²) in [5.74, 6) is 1.67. The van der Waals surface area contributed by atoms with E-state index in [2.05, 4.69) is 121 Å². The quantitative estimate of drug-likeness (QED) is 0.212. The van der Waals surface area contributed by atoms with Gasteiger partial charge in [0.15, 0.2) is 0 Å². The maximum atomic E-state index is 5.39. The van der Waals surface area contributed by atoms with Crippen molar-refractivity contribution in [1.82, 2.24) is 0 Å². The lowest BCUT2D eigenvalue weighted by Crippen LogP contribution is -2.12. The fourth-order valence-corrected chi connectivity index (χ4v) is 4.50. The summed E-state index contributed by atoms with van der Waals surface area (Å²) in [6.07, 6.45) is 0. The van der Waals surface area contributed by atoms with E-state index < -0.39 is 0 Å². The Hall–Kier alpha value is -4.70. The minimum absolute atomic E-state index is 0.834. The second kappa shape index (κ2) is 11.1. The minimum atomic E-state index is 0.834. The highest BCUT2D eigenvalue weighted by Crippen LogP contribution is 2.39. The number of methoxy groups -OCH3 is 2. The topological polar surface area (TPSA) is 24.9 Å². The van der Waals surface area contributed by atoms with E-state index in [9.17, 15) is 0 Å². The van der Waals surface area contributed by atoms with Crippen molar-refractivity contribution < 1.29 is 9.47 Å². The van der Waals surface area contributed by atoms with Crippen molar-refractivity contribution in [3.8, 4) is 11.5 Å². The van der Waals surface area contributed by atoms with Gasteiger partial charge in [-0.15, -0.1) is 0 Å². The Morgan fingerprint density at radius 1 is 0.342 bits per heavy atom. The van der Waals surface area contributed by atoms with Gasteiger partial charge in [-0.25, -0.2) is 0 Å². The zero-order chi connectivity index (χ0) is 26.5. The van der Waals surface area contributed by atoms with Crippen LogP contribution in [0.2, 0.25) is 0 Å². The largest absolute Gasteiger partial charge is 0.497 e. The normalized spacial score (nSPS) is 10.6. The standard InChI is InChI=1S/C34H32N2O2/c1-25-5-9-27(10-6-25)35(31-17-21-33(37-3)22-18-31)29-13-15-30(16-14-29)36(28-11-7-26(2)8-12-28)32-19-23-34(38-4)24-20-32/h5-24H,1-4H3. The van der Waals surface area contributed by atoms with Crippen LogP contribution < -0.4 is 19.3 Å². The molecule has 5 rings (SSSR count). The molecule has 5 aromatic rings. The molecule has 0 aromatic heterocycles. The van der Waals surface area contributed by atoms with Crippen LogP contribution in [0.3, 0.4) is 0 Å². The maximum absolute atomic E-state index is 5.39. The molecule has 0 saturated heterocycles. The van der Waals surface area contributed by atoms with Crippen LogP contribution in [0.25, 0.3) is 0 Å². The Labute approximate surface area is 225 Å². The maximum Gasteiger partial charge on any atom is 0.119 e. The van der Waals surface area contributed by atoms with Crippen LogP contribution in [0, 0.1) is 13.8 Å². The summed E-state index contributed by atoms with van der Waals surface area (Å²) in [4.78, 5) is 4.51. The van der Waals surface area contributed by atoms with Crippen LogP contribution in [0.15, 0.2) is 121 Å². The first-order chi connectivity index (χ1) is 18.6. The molecule has 5 aromatic carbocycles. The molecule has 0 aliphatic heterocycles. The molecule has 0 N–H and O–H groups in total. The molecule has 0 saturated carbocycles. The summed E-state index contributed by atoms with van der Waals surface area (Å²) < 4.78 is 10.8. The number of ether oxygens (including phenoxy) is 2. The van der Waals surface area contributed by atoms with Crippen molar-refractivity contribution in [2.75, 3.05) is 24.0 Å². The molecule has 0 spiro atoms. The van der Waals surface area contributed by atoms with Crippen molar-refractivity contribution in [1.29, 1.82) is 0 Å². The van der Waals surface area contributed by atoms with Gasteiger partial charge in [0.1, 0.15) is 11.5 Å². The van der Waals surface area contributed by atoms with Crippen molar-refractivity contribution in [2.45, 2.75) is 13.8 Å². The number of hydrogen-bond donors (Lipinski definition) is 0. The lowest BCUT2D eigenvalue weighted by molar-refractivity contribution is 0.414. The molecule has 0 unspecified atom stereocenters. The van der Waals surface area contributed by atoms with Gasteiger partial charge in [-0.1, -0.05) is 35.4 Å². The van der Waals surface area contributed by atoms with Crippen molar-refractivity contribution >= 4 is 34.1 Å². The molecule has 0 aliphatic rings. The Morgan fingerprint density at radius 2 is 0.553 bits per heavy atom. The van der Waals surface area contributed by atoms with E-state index in [0.29, 0.717) is 0 Å². The number of nitrogens with zero attached hydrogens (tertiary/aromatic N) is 2. The van der Waals surface area contributed by atoms with Crippen molar-refractivity contribution in [2.24, 2.45) is 0 Å². The van der Waals surface area contributed by atoms with Crippen molar-refractivity contribution in [3.63, 3.8) is 0 Å². The predicted octanol–water partition coefficient (Wildman–Crippen LogP) is 9.26. The molecule has 0 radical (unpaired) electrons. The van der Waals surface area contributed by atoms with Crippen LogP contribution in [0.5, 0.6) is 11.5 Å². The summed E-state index contributed by atoms with van der Waals surface area (Å²) in [5, 5.41) is 0. The molecular weight excluding hydrogens is 468 g/mol. The first-order valence-electron chi connectivity index (χ1n) is 12.7. The molecule has 190 valence electrons. The fraction of sp³-hybridized carbons (Fsp3) is 0.118. The Morgan fingerprint density at radius 3 is 0.789 bits per heavy atom. The van der Waals surface area contributed by atoms with E-state index in [0.717, 1.165) is 45.6 Å². The SMILES string of the molecule is COc1ccc(N(c2ccc(C)cc2)c2ccc(N(c3ccc(C)cc3)c3ccc(OC)cc3)cc2)cc1. The van der Waals surface area contributed by atoms with Crippen LogP contribution in [0.4, 0.5) is 34.1 Å². The van der Waals surface area contributed by atoms with Gasteiger partial charge in [0.05, 0.1) is 14.2 Å². The monoisotopic (exact) mass is 500 g/mol. The average Bonchev–Trinajstić information content (AvgIpc) is 2.97. The molecule has 0 fully saturated rings.